The van der Waals surface area contributed by atoms with Gasteiger partial charge in [0.1, 0.15) is 11.5 Å². The van der Waals surface area contributed by atoms with Crippen molar-refractivity contribution in [1.82, 2.24) is 0 Å². The molecule has 0 saturated carbocycles. The highest BCUT2D eigenvalue weighted by Gasteiger charge is 2.17. The molecule has 1 heterocycles. The maximum absolute atomic E-state index is 11.2. The Bertz CT molecular complexity index is 747. The zero-order valence-corrected chi connectivity index (χ0v) is 12.6. The Kier molecular flexibility index (Phi) is 5.14. The summed E-state index contributed by atoms with van der Waals surface area (Å²) in [6, 6.07) is 7.85. The zero-order valence-electron chi connectivity index (χ0n) is 12.6. The molecule has 0 atom stereocenters. The first kappa shape index (κ1) is 16.3. The summed E-state index contributed by atoms with van der Waals surface area (Å²) in [4.78, 5) is 21.8. The number of methoxy groups -OCH3 is 1. The van der Waals surface area contributed by atoms with E-state index in [4.69, 9.17) is 13.9 Å². The van der Waals surface area contributed by atoms with Crippen LogP contribution in [0.15, 0.2) is 40.8 Å². The van der Waals surface area contributed by atoms with Gasteiger partial charge in [-0.3, -0.25) is 10.1 Å². The van der Waals surface area contributed by atoms with Crippen molar-refractivity contribution >= 4 is 17.7 Å². The van der Waals surface area contributed by atoms with Crippen LogP contribution >= 0.6 is 0 Å². The Balaban J connectivity index is 2.25. The summed E-state index contributed by atoms with van der Waals surface area (Å²) in [5.74, 6) is 0.587. The molecule has 23 heavy (non-hydrogen) atoms. The molecule has 0 aliphatic rings. The fourth-order valence-corrected chi connectivity index (χ4v) is 1.92. The highest BCUT2D eigenvalue weighted by molar-refractivity contribution is 5.86. The molecule has 0 aliphatic carbocycles. The molecule has 0 bridgehead atoms. The third kappa shape index (κ3) is 3.97. The average molecular weight is 317 g/mol. The predicted octanol–water partition coefficient (Wildman–Crippen LogP) is 3.44. The largest absolute Gasteiger partial charge is 0.490 e. The quantitative estimate of drug-likeness (QED) is 0.351. The number of furan rings is 1. The summed E-state index contributed by atoms with van der Waals surface area (Å²) in [5, 5.41) is 11.0. The van der Waals surface area contributed by atoms with Gasteiger partial charge < -0.3 is 13.9 Å². The number of rotatable bonds is 6. The minimum atomic E-state index is -0.521. The number of benzene rings is 1. The number of carbonyl (C=O) groups excluding carboxylic acids is 1. The number of nitrogens with zero attached hydrogens (tertiary/aromatic N) is 1. The number of nitro benzene ring substituents is 1. The molecule has 2 rings (SSSR count). The van der Waals surface area contributed by atoms with Gasteiger partial charge in [-0.1, -0.05) is 0 Å². The average Bonchev–Trinajstić information content (AvgIpc) is 3.01. The van der Waals surface area contributed by atoms with E-state index in [9.17, 15) is 14.9 Å². The molecule has 2 aromatic rings. The van der Waals surface area contributed by atoms with Gasteiger partial charge in [0.05, 0.1) is 18.6 Å². The van der Waals surface area contributed by atoms with Crippen LogP contribution in [0.4, 0.5) is 5.69 Å². The van der Waals surface area contributed by atoms with E-state index in [1.54, 1.807) is 25.1 Å². The molecule has 0 aliphatic heterocycles. The van der Waals surface area contributed by atoms with E-state index in [0.29, 0.717) is 23.7 Å². The molecular weight excluding hydrogens is 302 g/mol. The third-order valence-electron chi connectivity index (χ3n) is 2.96. The summed E-state index contributed by atoms with van der Waals surface area (Å²) in [5.41, 5.74) is 0.387. The minimum absolute atomic E-state index is 0.148. The fourth-order valence-electron chi connectivity index (χ4n) is 1.92. The van der Waals surface area contributed by atoms with Crippen LogP contribution in [-0.4, -0.2) is 24.6 Å². The second kappa shape index (κ2) is 7.26. The van der Waals surface area contributed by atoms with Crippen LogP contribution in [-0.2, 0) is 9.53 Å². The van der Waals surface area contributed by atoms with E-state index in [-0.39, 0.29) is 11.4 Å². The van der Waals surface area contributed by atoms with Crippen LogP contribution < -0.4 is 4.74 Å². The number of hydrogen-bond acceptors (Lipinski definition) is 6. The second-order valence-corrected chi connectivity index (χ2v) is 4.43. The maximum Gasteiger partial charge on any atom is 0.330 e. The molecule has 1 aromatic heterocycles. The molecule has 0 N–H and O–H groups in total. The van der Waals surface area contributed by atoms with E-state index in [2.05, 4.69) is 0 Å². The van der Waals surface area contributed by atoms with Crippen molar-refractivity contribution in [2.75, 3.05) is 13.7 Å². The number of esters is 1. The Labute approximate surface area is 132 Å². The molecule has 7 heteroatoms. The monoisotopic (exact) mass is 317 g/mol. The van der Waals surface area contributed by atoms with E-state index in [1.165, 1.54) is 31.4 Å². The first-order chi connectivity index (χ1) is 11.0. The predicted molar refractivity (Wildman–Crippen MR) is 83.0 cm³/mol. The lowest BCUT2D eigenvalue weighted by atomic mass is 10.1. The smallest absolute Gasteiger partial charge is 0.330 e. The van der Waals surface area contributed by atoms with Crippen LogP contribution in [0, 0.1) is 10.1 Å². The van der Waals surface area contributed by atoms with Crippen molar-refractivity contribution in [3.63, 3.8) is 0 Å². The first-order valence-corrected chi connectivity index (χ1v) is 6.82. The van der Waals surface area contributed by atoms with E-state index >= 15 is 0 Å². The van der Waals surface area contributed by atoms with Gasteiger partial charge in [0.25, 0.3) is 0 Å². The topological polar surface area (TPSA) is 91.8 Å². The van der Waals surface area contributed by atoms with Crippen LogP contribution in [0.25, 0.3) is 17.4 Å². The van der Waals surface area contributed by atoms with Gasteiger partial charge in [-0.2, -0.15) is 0 Å². The molecule has 0 radical (unpaired) electrons. The number of hydrogen-bond donors (Lipinski definition) is 0. The lowest BCUT2D eigenvalue weighted by Crippen LogP contribution is -1.98. The van der Waals surface area contributed by atoms with Crippen LogP contribution in [0.1, 0.15) is 12.7 Å². The highest BCUT2D eigenvalue weighted by atomic mass is 16.6. The Hall–Kier alpha value is -3.09. The lowest BCUT2D eigenvalue weighted by molar-refractivity contribution is -0.385. The van der Waals surface area contributed by atoms with Crippen LogP contribution in [0.3, 0.4) is 0 Å². The minimum Gasteiger partial charge on any atom is -0.490 e. The molecular formula is C16H15NO6. The van der Waals surface area contributed by atoms with Gasteiger partial charge in [-0.15, -0.1) is 0 Å². The highest BCUT2D eigenvalue weighted by Crippen LogP contribution is 2.32. The van der Waals surface area contributed by atoms with Crippen molar-refractivity contribution in [1.29, 1.82) is 0 Å². The van der Waals surface area contributed by atoms with Gasteiger partial charge in [-0.05, 0) is 37.3 Å². The number of ether oxygens (including phenoxy) is 2. The Morgan fingerprint density at radius 1 is 1.35 bits per heavy atom. The van der Waals surface area contributed by atoms with Gasteiger partial charge >= 0.3 is 11.7 Å². The third-order valence-corrected chi connectivity index (χ3v) is 2.96. The van der Waals surface area contributed by atoms with Gasteiger partial charge in [0.2, 0.25) is 0 Å². The molecule has 120 valence electrons. The van der Waals surface area contributed by atoms with E-state index in [1.807, 2.05) is 0 Å². The van der Waals surface area contributed by atoms with E-state index in [0.717, 1.165) is 0 Å². The molecule has 1 aromatic carbocycles. The Morgan fingerprint density at radius 3 is 2.78 bits per heavy atom. The van der Waals surface area contributed by atoms with Crippen molar-refractivity contribution < 1.29 is 23.6 Å². The summed E-state index contributed by atoms with van der Waals surface area (Å²) in [7, 11) is 1.37. The zero-order chi connectivity index (χ0) is 16.8. The number of carbonyl (C=O) groups is 1. The van der Waals surface area contributed by atoms with Gasteiger partial charge in [-0.25, -0.2) is 4.79 Å². The number of nitro groups is 1. The second-order valence-electron chi connectivity index (χ2n) is 4.43. The standard InChI is InChI=1S/C16H15NO6/c1-3-22-16(18)9-6-12-5-8-14(23-12)11-4-7-15(21-2)13(10-11)17(19)20/h4-10H,3H2,1-2H3/b9-6+. The van der Waals surface area contributed by atoms with Crippen molar-refractivity contribution in [2.24, 2.45) is 0 Å². The normalized spacial score (nSPS) is 10.7. The lowest BCUT2D eigenvalue weighted by Gasteiger charge is -2.03. The van der Waals surface area contributed by atoms with Crippen molar-refractivity contribution in [3.05, 3.63) is 52.3 Å². The van der Waals surface area contributed by atoms with Crippen LogP contribution in [0.2, 0.25) is 0 Å². The molecule has 0 saturated heterocycles. The van der Waals surface area contributed by atoms with Gasteiger partial charge in [0, 0.05) is 17.7 Å². The van der Waals surface area contributed by atoms with Crippen molar-refractivity contribution in [3.8, 4) is 17.1 Å². The molecule has 0 unspecified atom stereocenters. The summed E-state index contributed by atoms with van der Waals surface area (Å²) in [6.45, 7) is 2.01. The van der Waals surface area contributed by atoms with Crippen LogP contribution in [0.5, 0.6) is 5.75 Å². The Morgan fingerprint density at radius 2 is 2.13 bits per heavy atom. The molecule has 0 spiro atoms. The first-order valence-electron chi connectivity index (χ1n) is 6.82. The molecule has 0 fully saturated rings. The molecule has 7 nitrogen and oxygen atoms in total. The summed E-state index contributed by atoms with van der Waals surface area (Å²) >= 11 is 0. The fraction of sp³-hybridized carbons (Fsp3) is 0.188. The van der Waals surface area contributed by atoms with E-state index < -0.39 is 10.9 Å². The maximum atomic E-state index is 11.2. The van der Waals surface area contributed by atoms with Crippen molar-refractivity contribution in [2.45, 2.75) is 6.92 Å². The van der Waals surface area contributed by atoms with Gasteiger partial charge in [0.15, 0.2) is 5.75 Å². The summed E-state index contributed by atoms with van der Waals surface area (Å²) in [6.07, 6.45) is 2.72. The molecule has 0 amide bonds. The summed E-state index contributed by atoms with van der Waals surface area (Å²) < 4.78 is 15.3. The SMILES string of the molecule is CCOC(=O)/C=C/c1ccc(-c2ccc(OC)c([N+](=O)[O-])c2)o1.